The minimum absolute atomic E-state index is 0.184. The molecule has 180 valence electrons. The van der Waals surface area contributed by atoms with Gasteiger partial charge in [0.05, 0.1) is 25.3 Å². The molecule has 0 bridgehead atoms. The highest BCUT2D eigenvalue weighted by Crippen LogP contribution is 2.16. The fourth-order valence-electron chi connectivity index (χ4n) is 3.43. The van der Waals surface area contributed by atoms with Crippen molar-refractivity contribution in [1.29, 1.82) is 0 Å². The molecule has 0 heterocycles. The minimum atomic E-state index is -0.505. The van der Waals surface area contributed by atoms with Crippen LogP contribution < -0.4 is 0 Å². The first-order valence-corrected chi connectivity index (χ1v) is 11.0. The van der Waals surface area contributed by atoms with Gasteiger partial charge in [-0.15, -0.1) is 0 Å². The van der Waals surface area contributed by atoms with E-state index in [0.29, 0.717) is 22.3 Å². The van der Waals surface area contributed by atoms with Crippen LogP contribution in [0.3, 0.4) is 0 Å². The van der Waals surface area contributed by atoms with Crippen molar-refractivity contribution in [2.75, 3.05) is 14.2 Å². The van der Waals surface area contributed by atoms with E-state index >= 15 is 0 Å². The number of hydrogen-bond donors (Lipinski definition) is 0. The van der Waals surface area contributed by atoms with E-state index in [4.69, 9.17) is 0 Å². The lowest BCUT2D eigenvalue weighted by Gasteiger charge is -2.06. The summed E-state index contributed by atoms with van der Waals surface area (Å²) < 4.78 is 9.34. The Morgan fingerprint density at radius 3 is 1.00 bits per heavy atom. The van der Waals surface area contributed by atoms with Gasteiger partial charge in [-0.3, -0.25) is 9.59 Å². The molecule has 0 saturated heterocycles. The molecular weight excluding hydrogens is 456 g/mol. The number of carbonyl (C=O) groups is 4. The van der Waals surface area contributed by atoms with Gasteiger partial charge in [0.15, 0.2) is 11.6 Å². The van der Waals surface area contributed by atoms with E-state index in [1.807, 2.05) is 12.1 Å². The Morgan fingerprint density at radius 2 is 0.694 bits per heavy atom. The average molecular weight is 481 g/mol. The number of ether oxygens (including phenoxy) is 2. The van der Waals surface area contributed by atoms with Crippen molar-refractivity contribution in [3.8, 4) is 0 Å². The van der Waals surface area contributed by atoms with Crippen molar-refractivity contribution >= 4 is 23.5 Å². The molecule has 0 radical (unpaired) electrons. The third kappa shape index (κ3) is 6.18. The van der Waals surface area contributed by atoms with Crippen LogP contribution in [0.25, 0.3) is 0 Å². The Bertz CT molecular complexity index is 1250. The van der Waals surface area contributed by atoms with Gasteiger partial charge in [0, 0.05) is 22.3 Å². The van der Waals surface area contributed by atoms with Crippen molar-refractivity contribution in [2.45, 2.75) is 0 Å². The maximum Gasteiger partial charge on any atom is 0.338 e. The highest BCUT2D eigenvalue weighted by atomic mass is 16.5. The van der Waals surface area contributed by atoms with E-state index in [2.05, 4.69) is 9.47 Å². The van der Waals surface area contributed by atoms with Gasteiger partial charge in [-0.2, -0.15) is 0 Å². The van der Waals surface area contributed by atoms with E-state index in [1.54, 1.807) is 97.1 Å². The number of rotatable bonds is 6. The van der Waals surface area contributed by atoms with E-state index in [-0.39, 0.29) is 22.7 Å². The quantitative estimate of drug-likeness (QED) is 0.271. The largest absolute Gasteiger partial charge is 0.465 e. The molecule has 0 aliphatic rings. The molecule has 0 fully saturated rings. The summed E-state index contributed by atoms with van der Waals surface area (Å²) in [6.07, 6.45) is 0. The molecule has 36 heavy (non-hydrogen) atoms. The molecule has 6 nitrogen and oxygen atoms in total. The van der Waals surface area contributed by atoms with Crippen molar-refractivity contribution in [3.05, 3.63) is 143 Å². The van der Waals surface area contributed by atoms with Gasteiger partial charge in [0.1, 0.15) is 0 Å². The van der Waals surface area contributed by atoms with Gasteiger partial charge >= 0.3 is 11.9 Å². The first-order valence-electron chi connectivity index (χ1n) is 11.0. The SMILES string of the molecule is COC(=O)c1ccccc1C(=O)c1ccccc1.COC(=O)c1ccccc1C(=O)c1ccccc1. The zero-order valence-corrected chi connectivity index (χ0v) is 19.8. The van der Waals surface area contributed by atoms with E-state index in [0.717, 1.165) is 0 Å². The Morgan fingerprint density at radius 1 is 0.417 bits per heavy atom. The van der Waals surface area contributed by atoms with Gasteiger partial charge in [0.2, 0.25) is 0 Å². The first-order chi connectivity index (χ1) is 17.5. The lowest BCUT2D eigenvalue weighted by molar-refractivity contribution is 0.0590. The molecule has 0 saturated carbocycles. The van der Waals surface area contributed by atoms with Crippen LogP contribution in [0.5, 0.6) is 0 Å². The molecule has 4 aromatic carbocycles. The van der Waals surface area contributed by atoms with Gasteiger partial charge in [-0.25, -0.2) is 9.59 Å². The Kier molecular flexibility index (Phi) is 9.00. The van der Waals surface area contributed by atoms with Crippen molar-refractivity contribution < 1.29 is 28.7 Å². The van der Waals surface area contributed by atoms with Crippen molar-refractivity contribution in [1.82, 2.24) is 0 Å². The first kappa shape index (κ1) is 25.8. The second-order valence-corrected chi connectivity index (χ2v) is 7.46. The third-order valence-electron chi connectivity index (χ3n) is 5.23. The van der Waals surface area contributed by atoms with Crippen LogP contribution in [0, 0.1) is 0 Å². The van der Waals surface area contributed by atoms with Gasteiger partial charge in [0.25, 0.3) is 0 Å². The molecule has 4 rings (SSSR count). The van der Waals surface area contributed by atoms with E-state index in [9.17, 15) is 19.2 Å². The Hall–Kier alpha value is -4.84. The van der Waals surface area contributed by atoms with Crippen LogP contribution in [0.4, 0.5) is 0 Å². The molecule has 0 atom stereocenters. The normalized spacial score (nSPS) is 9.83. The van der Waals surface area contributed by atoms with Crippen LogP contribution in [0.2, 0.25) is 0 Å². The summed E-state index contributed by atoms with van der Waals surface area (Å²) in [5.74, 6) is -1.38. The highest BCUT2D eigenvalue weighted by Gasteiger charge is 2.19. The Labute approximate surface area is 209 Å². The van der Waals surface area contributed by atoms with E-state index < -0.39 is 11.9 Å². The number of benzene rings is 4. The molecule has 0 spiro atoms. The zero-order valence-electron chi connectivity index (χ0n) is 19.8. The molecule has 0 N–H and O–H groups in total. The van der Waals surface area contributed by atoms with Crippen molar-refractivity contribution in [2.24, 2.45) is 0 Å². The van der Waals surface area contributed by atoms with Crippen LogP contribution in [0.1, 0.15) is 52.6 Å². The fourth-order valence-corrected chi connectivity index (χ4v) is 3.43. The summed E-state index contributed by atoms with van der Waals surface area (Å²) >= 11 is 0. The average Bonchev–Trinajstić information content (AvgIpc) is 2.96. The zero-order chi connectivity index (χ0) is 25.9. The maximum atomic E-state index is 12.3. The predicted molar refractivity (Wildman–Crippen MR) is 135 cm³/mol. The third-order valence-corrected chi connectivity index (χ3v) is 5.23. The number of carbonyl (C=O) groups excluding carboxylic acids is 4. The summed E-state index contributed by atoms with van der Waals surface area (Å²) in [6, 6.07) is 31.0. The summed E-state index contributed by atoms with van der Waals surface area (Å²) in [5, 5.41) is 0. The Balaban J connectivity index is 0.000000201. The van der Waals surface area contributed by atoms with Crippen LogP contribution >= 0.6 is 0 Å². The van der Waals surface area contributed by atoms with Crippen molar-refractivity contribution in [3.63, 3.8) is 0 Å². The van der Waals surface area contributed by atoms with E-state index in [1.165, 1.54) is 14.2 Å². The molecule has 0 aliphatic carbocycles. The molecule has 6 heteroatoms. The smallest absolute Gasteiger partial charge is 0.338 e. The second-order valence-electron chi connectivity index (χ2n) is 7.46. The molecule has 0 aliphatic heterocycles. The number of methoxy groups -OCH3 is 2. The number of ketones is 2. The molecule has 0 unspecified atom stereocenters. The highest BCUT2D eigenvalue weighted by molar-refractivity contribution is 6.15. The summed E-state index contributed by atoms with van der Waals surface area (Å²) in [6.45, 7) is 0. The van der Waals surface area contributed by atoms with Gasteiger partial charge in [-0.05, 0) is 12.1 Å². The van der Waals surface area contributed by atoms with Crippen LogP contribution in [0.15, 0.2) is 109 Å². The summed E-state index contributed by atoms with van der Waals surface area (Å²) in [7, 11) is 2.60. The molecular formula is C30H24O6. The molecule has 4 aromatic rings. The second kappa shape index (κ2) is 12.6. The standard InChI is InChI=1S/2C15H12O3/c2*1-18-15(17)13-10-6-5-9-12(13)14(16)11-7-3-2-4-8-11/h2*2-10H,1H3. The monoisotopic (exact) mass is 480 g/mol. The lowest BCUT2D eigenvalue weighted by atomic mass is 9.98. The minimum Gasteiger partial charge on any atom is -0.465 e. The molecule has 0 amide bonds. The molecule has 0 aromatic heterocycles. The van der Waals surface area contributed by atoms with Gasteiger partial charge in [-0.1, -0.05) is 97.1 Å². The topological polar surface area (TPSA) is 86.7 Å². The number of esters is 2. The van der Waals surface area contributed by atoms with Crippen LogP contribution in [-0.2, 0) is 9.47 Å². The summed E-state index contributed by atoms with van der Waals surface area (Å²) in [5.41, 5.74) is 2.39. The van der Waals surface area contributed by atoms with Crippen LogP contribution in [-0.4, -0.2) is 37.7 Å². The lowest BCUT2D eigenvalue weighted by Crippen LogP contribution is -2.11. The number of hydrogen-bond acceptors (Lipinski definition) is 6. The fraction of sp³-hybridized carbons (Fsp3) is 0.0667. The summed E-state index contributed by atoms with van der Waals surface area (Å²) in [4.78, 5) is 47.8. The predicted octanol–water partition coefficient (Wildman–Crippen LogP) is 5.41. The van der Waals surface area contributed by atoms with Gasteiger partial charge < -0.3 is 9.47 Å². The maximum absolute atomic E-state index is 12.3.